The Labute approximate surface area is 143 Å². The fraction of sp³-hybridized carbons (Fsp3) is 0.526. The van der Waals surface area contributed by atoms with Gasteiger partial charge < -0.3 is 9.80 Å². The Bertz CT molecular complexity index is 695. The Hall–Kier alpha value is -2.17. The van der Waals surface area contributed by atoms with Crippen LogP contribution in [0.4, 0.5) is 11.5 Å². The van der Waals surface area contributed by atoms with Crippen molar-refractivity contribution in [3.05, 3.63) is 42.6 Å². The number of aromatic nitrogens is 3. The molecule has 0 spiro atoms. The van der Waals surface area contributed by atoms with Crippen LogP contribution in [0, 0.1) is 11.8 Å². The van der Waals surface area contributed by atoms with E-state index in [1.807, 2.05) is 12.4 Å². The maximum Gasteiger partial charge on any atom is 0.132 e. The third-order valence-corrected chi connectivity index (χ3v) is 5.26. The first-order valence-electron chi connectivity index (χ1n) is 8.73. The first-order chi connectivity index (χ1) is 11.5. The van der Waals surface area contributed by atoms with Crippen LogP contribution in [-0.2, 0) is 5.41 Å². The summed E-state index contributed by atoms with van der Waals surface area (Å²) in [4.78, 5) is 18.0. The molecule has 5 heteroatoms. The number of rotatable bonds is 2. The topological polar surface area (TPSA) is 45.2 Å². The molecule has 126 valence electrons. The Kier molecular flexibility index (Phi) is 3.66. The van der Waals surface area contributed by atoms with Gasteiger partial charge in [0, 0.05) is 67.6 Å². The van der Waals surface area contributed by atoms with Gasteiger partial charge in [-0.25, -0.2) is 9.97 Å². The molecule has 0 N–H and O–H groups in total. The van der Waals surface area contributed by atoms with Crippen molar-refractivity contribution in [3.63, 3.8) is 0 Å². The second kappa shape index (κ2) is 5.72. The van der Waals surface area contributed by atoms with Crippen LogP contribution in [0.2, 0.25) is 0 Å². The minimum Gasteiger partial charge on any atom is -0.371 e. The molecule has 4 rings (SSSR count). The number of hydrogen-bond donors (Lipinski definition) is 0. The minimum atomic E-state index is 0.0609. The van der Waals surface area contributed by atoms with Gasteiger partial charge in [-0.15, -0.1) is 0 Å². The third-order valence-electron chi connectivity index (χ3n) is 5.26. The van der Waals surface area contributed by atoms with Crippen LogP contribution in [0.15, 0.2) is 36.9 Å². The molecule has 0 saturated carbocycles. The molecule has 2 aliphatic rings. The summed E-state index contributed by atoms with van der Waals surface area (Å²) in [6.45, 7) is 11.0. The zero-order valence-corrected chi connectivity index (χ0v) is 14.7. The molecule has 2 aromatic rings. The van der Waals surface area contributed by atoms with Crippen molar-refractivity contribution in [2.45, 2.75) is 26.2 Å². The molecule has 2 fully saturated rings. The average Bonchev–Trinajstić information content (AvgIpc) is 3.14. The molecule has 0 amide bonds. The molecular weight excluding hydrogens is 298 g/mol. The second-order valence-corrected chi connectivity index (χ2v) is 8.05. The van der Waals surface area contributed by atoms with E-state index in [9.17, 15) is 0 Å². The van der Waals surface area contributed by atoms with Crippen LogP contribution < -0.4 is 9.80 Å². The normalized spacial score (nSPS) is 23.6. The lowest BCUT2D eigenvalue weighted by atomic mass is 9.92. The summed E-state index contributed by atoms with van der Waals surface area (Å²) in [6.07, 6.45) is 5.47. The highest BCUT2D eigenvalue weighted by atomic mass is 15.3. The number of nitrogens with zero attached hydrogens (tertiary/aromatic N) is 5. The van der Waals surface area contributed by atoms with Crippen molar-refractivity contribution in [1.82, 2.24) is 15.0 Å². The average molecular weight is 323 g/mol. The number of hydrogen-bond acceptors (Lipinski definition) is 5. The summed E-state index contributed by atoms with van der Waals surface area (Å²) in [7, 11) is 0. The molecule has 24 heavy (non-hydrogen) atoms. The molecule has 2 aromatic heterocycles. The molecule has 4 heterocycles. The van der Waals surface area contributed by atoms with Crippen molar-refractivity contribution in [1.29, 1.82) is 0 Å². The van der Waals surface area contributed by atoms with Gasteiger partial charge in [0.15, 0.2) is 0 Å². The fourth-order valence-electron chi connectivity index (χ4n) is 3.88. The van der Waals surface area contributed by atoms with Gasteiger partial charge >= 0.3 is 0 Å². The smallest absolute Gasteiger partial charge is 0.132 e. The van der Waals surface area contributed by atoms with Crippen LogP contribution in [0.5, 0.6) is 0 Å². The van der Waals surface area contributed by atoms with Gasteiger partial charge in [-0.2, -0.15) is 0 Å². The Morgan fingerprint density at radius 1 is 0.917 bits per heavy atom. The Morgan fingerprint density at radius 2 is 1.54 bits per heavy atom. The molecular formula is C19H25N5. The lowest BCUT2D eigenvalue weighted by Gasteiger charge is -2.25. The summed E-state index contributed by atoms with van der Waals surface area (Å²) >= 11 is 0. The molecule has 2 saturated heterocycles. The maximum atomic E-state index is 4.53. The highest BCUT2D eigenvalue weighted by Gasteiger charge is 2.40. The third kappa shape index (κ3) is 2.83. The lowest BCUT2D eigenvalue weighted by molar-refractivity contribution is 0.533. The standard InChI is InChI=1S/C19H25N5/c1-19(2,3)17-8-18(22-13-21-17)24-11-14-9-23(10-15(14)12-24)16-4-6-20-7-5-16/h4-8,13-15H,9-12H2,1-3H3. The second-order valence-electron chi connectivity index (χ2n) is 8.05. The van der Waals surface area contributed by atoms with E-state index in [4.69, 9.17) is 0 Å². The minimum absolute atomic E-state index is 0.0609. The van der Waals surface area contributed by atoms with Crippen LogP contribution in [0.1, 0.15) is 26.5 Å². The number of fused-ring (bicyclic) bond motifs is 1. The molecule has 0 aliphatic carbocycles. The van der Waals surface area contributed by atoms with Crippen LogP contribution in [0.3, 0.4) is 0 Å². The van der Waals surface area contributed by atoms with Crippen molar-refractivity contribution in [2.24, 2.45) is 11.8 Å². The van der Waals surface area contributed by atoms with Crippen molar-refractivity contribution >= 4 is 11.5 Å². The highest BCUT2D eigenvalue weighted by molar-refractivity contribution is 5.48. The Balaban J connectivity index is 1.46. The highest BCUT2D eigenvalue weighted by Crippen LogP contribution is 2.35. The SMILES string of the molecule is CC(C)(C)c1cc(N2CC3CN(c4ccncc4)CC3C2)ncn1. The zero-order chi connectivity index (χ0) is 16.7. The number of anilines is 2. The number of pyridine rings is 1. The summed E-state index contributed by atoms with van der Waals surface area (Å²) < 4.78 is 0. The summed E-state index contributed by atoms with van der Waals surface area (Å²) in [5.41, 5.74) is 2.47. The van der Waals surface area contributed by atoms with E-state index in [-0.39, 0.29) is 5.41 Å². The molecule has 0 aromatic carbocycles. The van der Waals surface area contributed by atoms with E-state index in [1.165, 1.54) is 5.69 Å². The Morgan fingerprint density at radius 3 is 2.17 bits per heavy atom. The largest absolute Gasteiger partial charge is 0.371 e. The van der Waals surface area contributed by atoms with Gasteiger partial charge in [0.25, 0.3) is 0 Å². The van der Waals surface area contributed by atoms with E-state index in [2.05, 4.69) is 63.7 Å². The van der Waals surface area contributed by atoms with E-state index in [0.29, 0.717) is 11.8 Å². The summed E-state index contributed by atoms with van der Waals surface area (Å²) in [6, 6.07) is 6.39. The zero-order valence-electron chi connectivity index (χ0n) is 14.7. The molecule has 2 atom stereocenters. The van der Waals surface area contributed by atoms with E-state index >= 15 is 0 Å². The predicted octanol–water partition coefficient (Wildman–Crippen LogP) is 2.74. The van der Waals surface area contributed by atoms with Crippen LogP contribution >= 0.6 is 0 Å². The van der Waals surface area contributed by atoms with Gasteiger partial charge in [-0.05, 0) is 12.1 Å². The van der Waals surface area contributed by atoms with E-state index in [0.717, 1.165) is 37.7 Å². The quantitative estimate of drug-likeness (QED) is 0.850. The summed E-state index contributed by atoms with van der Waals surface area (Å²) in [5.74, 6) is 2.51. The predicted molar refractivity (Wildman–Crippen MR) is 96.4 cm³/mol. The van der Waals surface area contributed by atoms with E-state index in [1.54, 1.807) is 6.33 Å². The molecule has 2 aliphatic heterocycles. The summed E-state index contributed by atoms with van der Waals surface area (Å²) in [5, 5.41) is 0. The first kappa shape index (κ1) is 15.4. The fourth-order valence-corrected chi connectivity index (χ4v) is 3.88. The molecule has 0 bridgehead atoms. The monoisotopic (exact) mass is 323 g/mol. The van der Waals surface area contributed by atoms with Gasteiger partial charge in [0.2, 0.25) is 0 Å². The van der Waals surface area contributed by atoms with Gasteiger partial charge in [0.05, 0.1) is 5.69 Å². The van der Waals surface area contributed by atoms with Crippen LogP contribution in [0.25, 0.3) is 0 Å². The molecule has 5 nitrogen and oxygen atoms in total. The van der Waals surface area contributed by atoms with Gasteiger partial charge in [0.1, 0.15) is 12.1 Å². The van der Waals surface area contributed by atoms with Crippen LogP contribution in [-0.4, -0.2) is 41.1 Å². The molecule has 2 unspecified atom stereocenters. The van der Waals surface area contributed by atoms with Crippen molar-refractivity contribution in [2.75, 3.05) is 36.0 Å². The van der Waals surface area contributed by atoms with Crippen molar-refractivity contribution < 1.29 is 0 Å². The lowest BCUT2D eigenvalue weighted by Crippen LogP contribution is -2.29. The first-order valence-corrected chi connectivity index (χ1v) is 8.73. The van der Waals surface area contributed by atoms with Crippen molar-refractivity contribution in [3.8, 4) is 0 Å². The van der Waals surface area contributed by atoms with Gasteiger partial charge in [-0.1, -0.05) is 20.8 Å². The molecule has 0 radical (unpaired) electrons. The van der Waals surface area contributed by atoms with Gasteiger partial charge in [-0.3, -0.25) is 4.98 Å². The van der Waals surface area contributed by atoms with E-state index < -0.39 is 0 Å². The maximum absolute atomic E-state index is 4.53.